The Hall–Kier alpha value is -3.35. The van der Waals surface area contributed by atoms with Crippen molar-refractivity contribution >= 4 is 22.7 Å². The number of amides is 2. The highest BCUT2D eigenvalue weighted by Gasteiger charge is 2.29. The first-order valence-electron chi connectivity index (χ1n) is 12.8. The van der Waals surface area contributed by atoms with Gasteiger partial charge in [0.1, 0.15) is 5.69 Å². The summed E-state index contributed by atoms with van der Waals surface area (Å²) in [5.41, 5.74) is 3.62. The van der Waals surface area contributed by atoms with Gasteiger partial charge in [-0.2, -0.15) is 0 Å². The summed E-state index contributed by atoms with van der Waals surface area (Å²) in [5.74, 6) is 0.968. The van der Waals surface area contributed by atoms with Crippen LogP contribution in [0.15, 0.2) is 48.9 Å². The van der Waals surface area contributed by atoms with Gasteiger partial charge in [0.05, 0.1) is 11.2 Å². The molecule has 0 bridgehead atoms. The van der Waals surface area contributed by atoms with Crippen LogP contribution in [0.5, 0.6) is 0 Å². The average Bonchev–Trinajstić information content (AvgIpc) is 2.89. The molecule has 4 heterocycles. The summed E-state index contributed by atoms with van der Waals surface area (Å²) in [6, 6.07) is 10.5. The van der Waals surface area contributed by atoms with Crippen LogP contribution in [0.3, 0.4) is 0 Å². The van der Waals surface area contributed by atoms with Crippen molar-refractivity contribution < 1.29 is 9.59 Å². The second kappa shape index (κ2) is 10.5. The summed E-state index contributed by atoms with van der Waals surface area (Å²) in [7, 11) is 0. The molecule has 0 N–H and O–H groups in total. The molecule has 3 aromatic rings. The van der Waals surface area contributed by atoms with Crippen LogP contribution in [0.25, 0.3) is 10.9 Å². The Kier molecular flexibility index (Phi) is 7.02. The van der Waals surface area contributed by atoms with Crippen LogP contribution in [-0.4, -0.2) is 62.7 Å². The van der Waals surface area contributed by atoms with Gasteiger partial charge >= 0.3 is 0 Å². The minimum atomic E-state index is -0.0138. The summed E-state index contributed by atoms with van der Waals surface area (Å²) >= 11 is 0. The van der Waals surface area contributed by atoms with Crippen molar-refractivity contribution in [2.45, 2.75) is 45.4 Å². The van der Waals surface area contributed by atoms with Crippen molar-refractivity contribution in [3.63, 3.8) is 0 Å². The molecular weight excluding hydrogens is 438 g/mol. The fraction of sp³-hybridized carbons (Fsp3) is 0.464. The highest BCUT2D eigenvalue weighted by molar-refractivity contribution is 5.93. The number of likely N-dealkylation sites (tertiary alicyclic amines) is 2. The first-order chi connectivity index (χ1) is 17.1. The van der Waals surface area contributed by atoms with Gasteiger partial charge in [-0.15, -0.1) is 0 Å². The summed E-state index contributed by atoms with van der Waals surface area (Å²) in [6.07, 6.45) is 10.8. The summed E-state index contributed by atoms with van der Waals surface area (Å²) in [6.45, 7) is 4.66. The smallest absolute Gasteiger partial charge is 0.274 e. The van der Waals surface area contributed by atoms with Crippen LogP contribution in [-0.2, 0) is 17.6 Å². The van der Waals surface area contributed by atoms with Crippen molar-refractivity contribution in [3.05, 3.63) is 65.9 Å². The Morgan fingerprint density at radius 3 is 2.51 bits per heavy atom. The number of rotatable bonds is 5. The fourth-order valence-corrected chi connectivity index (χ4v) is 5.63. The Labute approximate surface area is 206 Å². The van der Waals surface area contributed by atoms with Crippen LogP contribution in [0.1, 0.15) is 54.4 Å². The predicted molar refractivity (Wildman–Crippen MR) is 135 cm³/mol. The van der Waals surface area contributed by atoms with E-state index < -0.39 is 0 Å². The SMILES string of the molecule is CC(=O)N1CCC[C@H](Cc2nccnc2C(=O)N2CCC(Cc3cccc4ncccc34)CC2)C1. The second-order valence-electron chi connectivity index (χ2n) is 9.96. The van der Waals surface area contributed by atoms with Gasteiger partial charge in [0.15, 0.2) is 0 Å². The minimum Gasteiger partial charge on any atom is -0.343 e. The molecular formula is C28H33N5O2. The summed E-state index contributed by atoms with van der Waals surface area (Å²) < 4.78 is 0. The van der Waals surface area contributed by atoms with Crippen LogP contribution in [0.2, 0.25) is 0 Å². The third-order valence-electron chi connectivity index (χ3n) is 7.57. The molecule has 1 atom stereocenters. The van der Waals surface area contributed by atoms with Gasteiger partial charge in [-0.3, -0.25) is 19.6 Å². The Morgan fingerprint density at radius 2 is 1.69 bits per heavy atom. The van der Waals surface area contributed by atoms with Crippen molar-refractivity contribution in [1.29, 1.82) is 0 Å². The molecule has 0 unspecified atom stereocenters. The Balaban J connectivity index is 1.22. The molecule has 0 spiro atoms. The molecule has 0 radical (unpaired) electrons. The Bertz CT molecular complexity index is 1200. The molecule has 2 amide bonds. The largest absolute Gasteiger partial charge is 0.343 e. The van der Waals surface area contributed by atoms with E-state index in [1.54, 1.807) is 19.3 Å². The zero-order valence-electron chi connectivity index (χ0n) is 20.4. The van der Waals surface area contributed by atoms with Crippen LogP contribution in [0, 0.1) is 11.8 Å². The molecule has 7 nitrogen and oxygen atoms in total. The first kappa shape index (κ1) is 23.4. The standard InChI is InChI=1S/C28H33N5O2/c1-20(34)33-14-4-5-22(19-33)18-26-27(31-13-12-30-26)28(35)32-15-9-21(10-16-32)17-23-6-2-8-25-24(23)7-3-11-29-25/h2-3,6-8,11-13,21-22H,4-5,9-10,14-19H2,1H3/t22-/m1/s1. The lowest BCUT2D eigenvalue weighted by Crippen LogP contribution is -2.41. The predicted octanol–water partition coefficient (Wildman–Crippen LogP) is 3.92. The van der Waals surface area contributed by atoms with E-state index in [0.717, 1.165) is 69.5 Å². The third kappa shape index (κ3) is 5.34. The molecule has 2 fully saturated rings. The number of hydrogen-bond acceptors (Lipinski definition) is 5. The van der Waals surface area contributed by atoms with E-state index in [-0.39, 0.29) is 11.8 Å². The third-order valence-corrected chi connectivity index (χ3v) is 7.57. The van der Waals surface area contributed by atoms with Crippen LogP contribution < -0.4 is 0 Å². The van der Waals surface area contributed by atoms with Crippen molar-refractivity contribution in [3.8, 4) is 0 Å². The van der Waals surface area contributed by atoms with Crippen molar-refractivity contribution in [2.24, 2.45) is 11.8 Å². The van der Waals surface area contributed by atoms with Gasteiger partial charge in [0, 0.05) is 57.1 Å². The molecule has 2 aliphatic heterocycles. The zero-order valence-corrected chi connectivity index (χ0v) is 20.4. The highest BCUT2D eigenvalue weighted by atomic mass is 16.2. The maximum absolute atomic E-state index is 13.4. The topological polar surface area (TPSA) is 79.3 Å². The number of nitrogens with zero attached hydrogens (tertiary/aromatic N) is 5. The molecule has 182 valence electrons. The minimum absolute atomic E-state index is 0.0138. The second-order valence-corrected chi connectivity index (χ2v) is 9.96. The molecule has 5 rings (SSSR count). The van der Waals surface area contributed by atoms with Crippen molar-refractivity contribution in [2.75, 3.05) is 26.2 Å². The van der Waals surface area contributed by atoms with Gasteiger partial charge in [-0.1, -0.05) is 18.2 Å². The van der Waals surface area contributed by atoms with Gasteiger partial charge in [-0.25, -0.2) is 4.98 Å². The van der Waals surface area contributed by atoms with Gasteiger partial charge in [-0.05, 0) is 68.1 Å². The molecule has 35 heavy (non-hydrogen) atoms. The summed E-state index contributed by atoms with van der Waals surface area (Å²) in [4.78, 5) is 42.6. The van der Waals surface area contributed by atoms with E-state index in [9.17, 15) is 9.59 Å². The lowest BCUT2D eigenvalue weighted by atomic mass is 9.88. The van der Waals surface area contributed by atoms with Crippen LogP contribution in [0.4, 0.5) is 0 Å². The van der Waals surface area contributed by atoms with E-state index in [1.165, 1.54) is 10.9 Å². The quantitative estimate of drug-likeness (QED) is 0.564. The fourth-order valence-electron chi connectivity index (χ4n) is 5.63. The lowest BCUT2D eigenvalue weighted by molar-refractivity contribution is -0.130. The van der Waals surface area contributed by atoms with E-state index in [0.29, 0.717) is 24.0 Å². The number of hydrogen-bond donors (Lipinski definition) is 0. The number of pyridine rings is 1. The van der Waals surface area contributed by atoms with Gasteiger partial charge in [0.2, 0.25) is 5.91 Å². The molecule has 2 saturated heterocycles. The molecule has 0 saturated carbocycles. The number of fused-ring (bicyclic) bond motifs is 1. The van der Waals surface area contributed by atoms with Crippen LogP contribution >= 0.6 is 0 Å². The summed E-state index contributed by atoms with van der Waals surface area (Å²) in [5, 5.41) is 1.23. The maximum Gasteiger partial charge on any atom is 0.274 e. The lowest BCUT2D eigenvalue weighted by Gasteiger charge is -2.33. The van der Waals surface area contributed by atoms with Gasteiger partial charge in [0.25, 0.3) is 5.91 Å². The molecule has 1 aromatic carbocycles. The average molecular weight is 472 g/mol. The number of piperidine rings is 2. The Morgan fingerprint density at radius 1 is 0.857 bits per heavy atom. The number of benzene rings is 1. The molecule has 7 heteroatoms. The monoisotopic (exact) mass is 471 g/mol. The molecule has 0 aliphatic carbocycles. The normalized spacial score (nSPS) is 19.2. The van der Waals surface area contributed by atoms with E-state index in [2.05, 4.69) is 39.2 Å². The van der Waals surface area contributed by atoms with E-state index in [4.69, 9.17) is 0 Å². The molecule has 2 aromatic heterocycles. The zero-order chi connectivity index (χ0) is 24.2. The maximum atomic E-state index is 13.4. The van der Waals surface area contributed by atoms with Crippen molar-refractivity contribution in [1.82, 2.24) is 24.8 Å². The highest BCUT2D eigenvalue weighted by Crippen LogP contribution is 2.27. The van der Waals surface area contributed by atoms with Gasteiger partial charge < -0.3 is 9.80 Å². The molecule has 2 aliphatic rings. The first-order valence-corrected chi connectivity index (χ1v) is 12.8. The van der Waals surface area contributed by atoms with E-state index >= 15 is 0 Å². The number of carbonyl (C=O) groups is 2. The number of aromatic nitrogens is 3. The number of carbonyl (C=O) groups excluding carboxylic acids is 2. The van der Waals surface area contributed by atoms with E-state index in [1.807, 2.05) is 22.1 Å².